The molecule has 2 rings (SSSR count). The molecule has 21 heavy (non-hydrogen) atoms. The van der Waals surface area contributed by atoms with Crippen molar-refractivity contribution in [1.29, 1.82) is 0 Å². The molecular formula is C15H25N3O2S. The number of hydrogen-bond acceptors (Lipinski definition) is 3. The van der Waals surface area contributed by atoms with Crippen LogP contribution in [0, 0.1) is 0 Å². The maximum Gasteiger partial charge on any atom is 0.281 e. The highest BCUT2D eigenvalue weighted by atomic mass is 32.2. The number of piperidine rings is 1. The molecule has 1 fully saturated rings. The summed E-state index contributed by atoms with van der Waals surface area (Å²) in [5.41, 5.74) is 0.993. The number of rotatable bonds is 6. The van der Waals surface area contributed by atoms with Crippen LogP contribution in [-0.2, 0) is 16.8 Å². The van der Waals surface area contributed by atoms with E-state index in [9.17, 15) is 8.42 Å². The van der Waals surface area contributed by atoms with Crippen molar-refractivity contribution in [3.05, 3.63) is 35.9 Å². The Morgan fingerprint density at radius 3 is 2.48 bits per heavy atom. The second kappa shape index (κ2) is 7.35. The zero-order valence-electron chi connectivity index (χ0n) is 12.8. The smallest absolute Gasteiger partial charge is 0.281 e. The molecule has 118 valence electrons. The molecule has 0 amide bonds. The highest BCUT2D eigenvalue weighted by Crippen LogP contribution is 2.13. The van der Waals surface area contributed by atoms with Crippen molar-refractivity contribution in [2.24, 2.45) is 0 Å². The lowest BCUT2D eigenvalue weighted by Crippen LogP contribution is -2.47. The van der Waals surface area contributed by atoms with E-state index >= 15 is 0 Å². The summed E-state index contributed by atoms with van der Waals surface area (Å²) in [4.78, 5) is 0. The Bertz CT molecular complexity index is 527. The second-order valence-electron chi connectivity index (χ2n) is 5.68. The SMILES string of the molecule is CN(Cc1ccccc1)S(=O)(=O)N(C)CC1CCCCN1. The van der Waals surface area contributed by atoms with Crippen molar-refractivity contribution in [2.45, 2.75) is 31.8 Å². The molecule has 0 aromatic heterocycles. The van der Waals surface area contributed by atoms with Crippen molar-refractivity contribution in [2.75, 3.05) is 27.2 Å². The van der Waals surface area contributed by atoms with E-state index < -0.39 is 10.2 Å². The lowest BCUT2D eigenvalue weighted by molar-refractivity contribution is 0.319. The molecule has 1 atom stereocenters. The fourth-order valence-electron chi connectivity index (χ4n) is 2.64. The summed E-state index contributed by atoms with van der Waals surface area (Å²) in [5.74, 6) is 0. The highest BCUT2D eigenvalue weighted by Gasteiger charge is 2.26. The van der Waals surface area contributed by atoms with Crippen LogP contribution in [0.4, 0.5) is 0 Å². The third kappa shape index (κ3) is 4.51. The van der Waals surface area contributed by atoms with Crippen molar-refractivity contribution >= 4 is 10.2 Å². The number of nitrogens with one attached hydrogen (secondary N) is 1. The standard InChI is InChI=1S/C15H25N3O2S/c1-17(12-14-8-4-3-5-9-14)21(19,20)18(2)13-15-10-6-7-11-16-15/h3-5,8-9,15-16H,6-7,10-13H2,1-2H3. The Labute approximate surface area is 128 Å². The highest BCUT2D eigenvalue weighted by molar-refractivity contribution is 7.86. The first-order valence-corrected chi connectivity index (χ1v) is 8.85. The van der Waals surface area contributed by atoms with Gasteiger partial charge in [0.05, 0.1) is 0 Å². The van der Waals surface area contributed by atoms with Crippen LogP contribution in [-0.4, -0.2) is 50.3 Å². The van der Waals surface area contributed by atoms with E-state index in [-0.39, 0.29) is 6.04 Å². The van der Waals surface area contributed by atoms with Crippen molar-refractivity contribution in [1.82, 2.24) is 13.9 Å². The predicted molar refractivity (Wildman–Crippen MR) is 85.1 cm³/mol. The molecule has 1 aromatic carbocycles. The third-order valence-electron chi connectivity index (χ3n) is 3.93. The Hall–Kier alpha value is -0.950. The van der Waals surface area contributed by atoms with Crippen LogP contribution in [0.2, 0.25) is 0 Å². The number of nitrogens with zero attached hydrogens (tertiary/aromatic N) is 2. The first kappa shape index (κ1) is 16.4. The molecule has 1 aromatic rings. The second-order valence-corrected chi connectivity index (χ2v) is 7.82. The minimum Gasteiger partial charge on any atom is -0.313 e. The third-order valence-corrected chi connectivity index (χ3v) is 5.78. The zero-order valence-corrected chi connectivity index (χ0v) is 13.6. The monoisotopic (exact) mass is 311 g/mol. The Kier molecular flexibility index (Phi) is 5.75. The molecular weight excluding hydrogens is 286 g/mol. The quantitative estimate of drug-likeness (QED) is 0.865. The molecule has 0 radical (unpaired) electrons. The largest absolute Gasteiger partial charge is 0.313 e. The van der Waals surface area contributed by atoms with Crippen molar-refractivity contribution in [3.63, 3.8) is 0 Å². The normalized spacial score (nSPS) is 20.1. The summed E-state index contributed by atoms with van der Waals surface area (Å²) in [6, 6.07) is 9.92. The van der Waals surface area contributed by atoms with Gasteiger partial charge < -0.3 is 5.32 Å². The van der Waals surface area contributed by atoms with Crippen LogP contribution in [0.15, 0.2) is 30.3 Å². The Balaban J connectivity index is 1.95. The van der Waals surface area contributed by atoms with Crippen LogP contribution in [0.3, 0.4) is 0 Å². The van der Waals surface area contributed by atoms with Gasteiger partial charge in [-0.25, -0.2) is 0 Å². The van der Waals surface area contributed by atoms with Crippen molar-refractivity contribution in [3.8, 4) is 0 Å². The molecule has 1 saturated heterocycles. The summed E-state index contributed by atoms with van der Waals surface area (Å²) < 4.78 is 27.9. The lowest BCUT2D eigenvalue weighted by atomic mass is 10.1. The first-order valence-electron chi connectivity index (χ1n) is 7.45. The van der Waals surface area contributed by atoms with Crippen LogP contribution >= 0.6 is 0 Å². The average molecular weight is 311 g/mol. The summed E-state index contributed by atoms with van der Waals surface area (Å²) in [6.07, 6.45) is 3.40. The van der Waals surface area contributed by atoms with Gasteiger partial charge in [0.2, 0.25) is 0 Å². The van der Waals surface area contributed by atoms with E-state index in [1.807, 2.05) is 30.3 Å². The van der Waals surface area contributed by atoms with Crippen LogP contribution in [0.5, 0.6) is 0 Å². The van der Waals surface area contributed by atoms with E-state index in [1.165, 1.54) is 21.5 Å². The van der Waals surface area contributed by atoms with Crippen molar-refractivity contribution < 1.29 is 8.42 Å². The summed E-state index contributed by atoms with van der Waals surface area (Å²) in [7, 11) is -0.118. The molecule has 0 saturated carbocycles. The van der Waals surface area contributed by atoms with Crippen LogP contribution in [0.1, 0.15) is 24.8 Å². The van der Waals surface area contributed by atoms with E-state index in [4.69, 9.17) is 0 Å². The maximum absolute atomic E-state index is 12.5. The van der Waals surface area contributed by atoms with Gasteiger partial charge in [-0.05, 0) is 24.9 Å². The van der Waals surface area contributed by atoms with E-state index in [0.717, 1.165) is 18.5 Å². The van der Waals surface area contributed by atoms with Gasteiger partial charge in [-0.15, -0.1) is 0 Å². The summed E-state index contributed by atoms with van der Waals surface area (Å²) in [6.45, 7) is 1.91. The van der Waals surface area contributed by atoms with E-state index in [0.29, 0.717) is 13.1 Å². The molecule has 1 N–H and O–H groups in total. The Morgan fingerprint density at radius 1 is 1.14 bits per heavy atom. The van der Waals surface area contributed by atoms with E-state index in [1.54, 1.807) is 14.1 Å². The minimum atomic E-state index is -3.41. The topological polar surface area (TPSA) is 52.7 Å². The molecule has 1 aliphatic heterocycles. The maximum atomic E-state index is 12.5. The van der Waals surface area contributed by atoms with Gasteiger partial charge in [0.1, 0.15) is 0 Å². The van der Waals surface area contributed by atoms with Gasteiger partial charge in [-0.3, -0.25) is 0 Å². The number of benzene rings is 1. The molecule has 0 aliphatic carbocycles. The van der Waals surface area contributed by atoms with Gasteiger partial charge >= 0.3 is 0 Å². The first-order chi connectivity index (χ1) is 10.00. The molecule has 0 bridgehead atoms. The van der Waals surface area contributed by atoms with Crippen LogP contribution < -0.4 is 5.32 Å². The van der Waals surface area contributed by atoms with Crippen LogP contribution in [0.25, 0.3) is 0 Å². The molecule has 1 unspecified atom stereocenters. The van der Waals surface area contributed by atoms with Gasteiger partial charge in [0.15, 0.2) is 0 Å². The van der Waals surface area contributed by atoms with E-state index in [2.05, 4.69) is 5.32 Å². The fraction of sp³-hybridized carbons (Fsp3) is 0.600. The zero-order chi connectivity index (χ0) is 15.3. The molecule has 6 heteroatoms. The minimum absolute atomic E-state index is 0.267. The van der Waals surface area contributed by atoms with Gasteiger partial charge in [0.25, 0.3) is 10.2 Å². The van der Waals surface area contributed by atoms with Gasteiger partial charge in [-0.2, -0.15) is 17.0 Å². The number of likely N-dealkylation sites (N-methyl/N-ethyl adjacent to an activating group) is 1. The summed E-state index contributed by atoms with van der Waals surface area (Å²) in [5, 5.41) is 3.39. The summed E-state index contributed by atoms with van der Waals surface area (Å²) >= 11 is 0. The van der Waals surface area contributed by atoms with Gasteiger partial charge in [-0.1, -0.05) is 36.8 Å². The Morgan fingerprint density at radius 2 is 1.86 bits per heavy atom. The van der Waals surface area contributed by atoms with Gasteiger partial charge in [0, 0.05) is 33.2 Å². The predicted octanol–water partition coefficient (Wildman–Crippen LogP) is 1.44. The fourth-order valence-corrected chi connectivity index (χ4v) is 3.80. The molecule has 1 aliphatic rings. The molecule has 5 nitrogen and oxygen atoms in total. The molecule has 1 heterocycles. The number of hydrogen-bond donors (Lipinski definition) is 1. The molecule has 0 spiro atoms. The average Bonchev–Trinajstić information content (AvgIpc) is 2.49. The lowest BCUT2D eigenvalue weighted by Gasteiger charge is -2.30.